The number of amides is 2. The first-order chi connectivity index (χ1) is 16.0. The predicted octanol–water partition coefficient (Wildman–Crippen LogP) is 5.54. The molecule has 1 aliphatic rings. The van der Waals surface area contributed by atoms with Crippen LogP contribution in [0.2, 0.25) is 5.02 Å². The van der Waals surface area contributed by atoms with Gasteiger partial charge in [0.25, 0.3) is 5.91 Å². The quantitative estimate of drug-likeness (QED) is 0.386. The van der Waals surface area contributed by atoms with Crippen LogP contribution in [0.3, 0.4) is 0 Å². The van der Waals surface area contributed by atoms with Crippen LogP contribution in [-0.2, 0) is 16.0 Å². The predicted molar refractivity (Wildman–Crippen MR) is 128 cm³/mol. The van der Waals surface area contributed by atoms with Crippen molar-refractivity contribution in [2.45, 2.75) is 11.7 Å². The molecule has 1 aliphatic heterocycles. The van der Waals surface area contributed by atoms with Crippen molar-refractivity contribution in [2.24, 2.45) is 0 Å². The van der Waals surface area contributed by atoms with Crippen LogP contribution < -0.4 is 10.2 Å². The third-order valence-corrected chi connectivity index (χ3v) is 6.47. The molecule has 1 fully saturated rings. The first-order valence-corrected chi connectivity index (χ1v) is 11.2. The van der Waals surface area contributed by atoms with Gasteiger partial charge in [-0.25, -0.2) is 4.39 Å². The number of hydrogen-bond acceptors (Lipinski definition) is 4. The number of para-hydroxylation sites is 1. The summed E-state index contributed by atoms with van der Waals surface area (Å²) in [5.74, 6) is -1.34. The van der Waals surface area contributed by atoms with Crippen molar-refractivity contribution < 1.29 is 14.0 Å². The van der Waals surface area contributed by atoms with Gasteiger partial charge in [-0.2, -0.15) is 5.26 Å². The summed E-state index contributed by atoms with van der Waals surface area (Å²) in [4.78, 5) is 27.7. The lowest BCUT2D eigenvalue weighted by molar-refractivity contribution is -0.117. The largest absolute Gasteiger partial charge is 0.321 e. The molecule has 0 aromatic heterocycles. The van der Waals surface area contributed by atoms with Gasteiger partial charge in [0.05, 0.1) is 5.25 Å². The molecule has 4 rings (SSSR count). The fourth-order valence-corrected chi connectivity index (χ4v) is 4.79. The van der Waals surface area contributed by atoms with Crippen molar-refractivity contribution in [3.63, 3.8) is 0 Å². The molecule has 164 valence electrons. The smallest absolute Gasteiger partial charge is 0.269 e. The van der Waals surface area contributed by atoms with Gasteiger partial charge < -0.3 is 5.32 Å². The van der Waals surface area contributed by atoms with Crippen molar-refractivity contribution in [2.75, 3.05) is 10.2 Å². The molecule has 1 atom stereocenters. The number of carbonyl (C=O) groups is 2. The van der Waals surface area contributed by atoms with Gasteiger partial charge in [-0.05, 0) is 60.5 Å². The molecule has 1 heterocycles. The zero-order valence-corrected chi connectivity index (χ0v) is 18.7. The summed E-state index contributed by atoms with van der Waals surface area (Å²) in [6.07, 6.45) is 0.409. The van der Waals surface area contributed by atoms with Gasteiger partial charge in [-0.1, -0.05) is 53.7 Å². The van der Waals surface area contributed by atoms with Crippen LogP contribution in [0, 0.1) is 17.1 Å². The number of anilines is 2. The molecule has 0 radical (unpaired) electrons. The molecule has 3 aromatic rings. The Morgan fingerprint density at radius 2 is 1.73 bits per heavy atom. The van der Waals surface area contributed by atoms with Gasteiger partial charge in [0.15, 0.2) is 0 Å². The van der Waals surface area contributed by atoms with Gasteiger partial charge in [0, 0.05) is 16.4 Å². The van der Waals surface area contributed by atoms with E-state index in [9.17, 15) is 19.2 Å². The average Bonchev–Trinajstić information content (AvgIpc) is 3.13. The Labute approximate surface area is 199 Å². The number of thioether (sulfide) groups is 1. The summed E-state index contributed by atoms with van der Waals surface area (Å²) in [7, 11) is 0. The molecule has 1 unspecified atom stereocenters. The number of rotatable bonds is 5. The molecule has 0 bridgehead atoms. The van der Waals surface area contributed by atoms with Gasteiger partial charge in [0.1, 0.15) is 22.5 Å². The Balaban J connectivity index is 1.70. The van der Waals surface area contributed by atoms with E-state index < -0.39 is 17.0 Å². The van der Waals surface area contributed by atoms with Gasteiger partial charge in [0.2, 0.25) is 5.91 Å². The fourth-order valence-electron chi connectivity index (χ4n) is 3.36. The maximum absolute atomic E-state index is 13.4. The van der Waals surface area contributed by atoms with Crippen LogP contribution in [0.5, 0.6) is 0 Å². The molecule has 8 heteroatoms. The van der Waals surface area contributed by atoms with E-state index in [1.54, 1.807) is 36.4 Å². The van der Waals surface area contributed by atoms with Crippen molar-refractivity contribution in [3.05, 3.63) is 106 Å². The van der Waals surface area contributed by atoms with Crippen LogP contribution in [0.25, 0.3) is 0 Å². The number of halogens is 2. The Hall–Kier alpha value is -3.60. The average molecular weight is 478 g/mol. The molecule has 0 saturated carbocycles. The van der Waals surface area contributed by atoms with E-state index in [4.69, 9.17) is 11.6 Å². The summed E-state index contributed by atoms with van der Waals surface area (Å²) in [6.45, 7) is 0. The Bertz CT molecular complexity index is 1260. The topological polar surface area (TPSA) is 73.2 Å². The highest BCUT2D eigenvalue weighted by atomic mass is 35.5. The number of benzene rings is 3. The van der Waals surface area contributed by atoms with E-state index >= 15 is 0 Å². The van der Waals surface area contributed by atoms with Crippen LogP contribution in [-0.4, -0.2) is 17.1 Å². The Morgan fingerprint density at radius 1 is 1.06 bits per heavy atom. The zero-order valence-electron chi connectivity index (χ0n) is 17.2. The molecule has 33 heavy (non-hydrogen) atoms. The zero-order chi connectivity index (χ0) is 23.4. The SMILES string of the molecule is N#C/C(C(=O)Nc1ccc(F)cc1)=C1/SC(Cc2ccc(Cl)cc2)C(=O)N1c1ccccc1. The number of carbonyl (C=O) groups excluding carboxylic acids is 2. The lowest BCUT2D eigenvalue weighted by atomic mass is 10.1. The van der Waals surface area contributed by atoms with Gasteiger partial charge in [-0.15, -0.1) is 0 Å². The number of nitriles is 1. The van der Waals surface area contributed by atoms with Crippen LogP contribution in [0.15, 0.2) is 89.5 Å². The van der Waals surface area contributed by atoms with E-state index in [0.717, 1.165) is 5.56 Å². The van der Waals surface area contributed by atoms with Crippen molar-refractivity contribution in [1.82, 2.24) is 0 Å². The second-order valence-corrected chi connectivity index (χ2v) is 8.83. The molecule has 2 amide bonds. The van der Waals surface area contributed by atoms with Crippen LogP contribution in [0.4, 0.5) is 15.8 Å². The Kier molecular flexibility index (Phi) is 6.78. The van der Waals surface area contributed by atoms with Crippen molar-refractivity contribution in [3.8, 4) is 6.07 Å². The van der Waals surface area contributed by atoms with Gasteiger partial charge >= 0.3 is 0 Å². The van der Waals surface area contributed by atoms with E-state index in [1.807, 2.05) is 24.3 Å². The first kappa shape index (κ1) is 22.6. The minimum absolute atomic E-state index is 0.194. The van der Waals surface area contributed by atoms with Crippen molar-refractivity contribution >= 4 is 46.6 Å². The van der Waals surface area contributed by atoms with E-state index in [-0.39, 0.29) is 16.5 Å². The number of nitrogens with zero attached hydrogens (tertiary/aromatic N) is 2. The second kappa shape index (κ2) is 9.90. The fraction of sp³-hybridized carbons (Fsp3) is 0.0800. The van der Waals surface area contributed by atoms with E-state index in [1.165, 1.54) is 40.9 Å². The first-order valence-electron chi connectivity index (χ1n) is 9.97. The number of nitrogens with one attached hydrogen (secondary N) is 1. The second-order valence-electron chi connectivity index (χ2n) is 7.20. The molecule has 1 saturated heterocycles. The van der Waals surface area contributed by atoms with E-state index in [0.29, 0.717) is 22.8 Å². The molecular formula is C25H17ClFN3O2S. The minimum atomic E-state index is -0.674. The lowest BCUT2D eigenvalue weighted by Crippen LogP contribution is -2.30. The van der Waals surface area contributed by atoms with E-state index in [2.05, 4.69) is 5.32 Å². The maximum atomic E-state index is 13.4. The monoisotopic (exact) mass is 477 g/mol. The molecule has 1 N–H and O–H groups in total. The molecule has 0 aliphatic carbocycles. The maximum Gasteiger partial charge on any atom is 0.269 e. The minimum Gasteiger partial charge on any atom is -0.321 e. The van der Waals surface area contributed by atoms with Crippen LogP contribution >= 0.6 is 23.4 Å². The summed E-state index contributed by atoms with van der Waals surface area (Å²) in [5, 5.41) is 12.8. The molecule has 5 nitrogen and oxygen atoms in total. The normalized spacial score (nSPS) is 16.9. The highest BCUT2D eigenvalue weighted by Gasteiger charge is 2.40. The third kappa shape index (κ3) is 5.08. The molecule has 0 spiro atoms. The summed E-state index contributed by atoms with van der Waals surface area (Å²) < 4.78 is 13.2. The van der Waals surface area contributed by atoms with Crippen molar-refractivity contribution in [1.29, 1.82) is 5.26 Å². The summed E-state index contributed by atoms with van der Waals surface area (Å²) in [5.41, 5.74) is 1.62. The summed E-state index contributed by atoms with van der Waals surface area (Å²) in [6, 6.07) is 23.2. The third-order valence-electron chi connectivity index (χ3n) is 4.96. The van der Waals surface area contributed by atoms with Crippen LogP contribution in [0.1, 0.15) is 5.56 Å². The molecular weight excluding hydrogens is 461 g/mol. The van der Waals surface area contributed by atoms with Gasteiger partial charge in [-0.3, -0.25) is 14.5 Å². The lowest BCUT2D eigenvalue weighted by Gasteiger charge is -2.18. The highest BCUT2D eigenvalue weighted by molar-refractivity contribution is 8.05. The Morgan fingerprint density at radius 3 is 2.36 bits per heavy atom. The standard InChI is InChI=1S/C25H17ClFN3O2S/c26-17-8-6-16(7-9-17)14-22-24(32)30(20-4-2-1-3-5-20)25(33-22)21(15-28)23(31)29-19-12-10-18(27)11-13-19/h1-13,22H,14H2,(H,29,31)/b25-21-. The summed E-state index contributed by atoms with van der Waals surface area (Å²) >= 11 is 7.14. The molecule has 3 aromatic carbocycles. The number of hydrogen-bond donors (Lipinski definition) is 1. The highest BCUT2D eigenvalue weighted by Crippen LogP contribution is 2.42.